The molecule has 2 atom stereocenters. The highest BCUT2D eigenvalue weighted by Crippen LogP contribution is 2.46. The molecule has 4 nitrogen and oxygen atoms in total. The van der Waals surface area contributed by atoms with Gasteiger partial charge in [-0.25, -0.2) is 0 Å². The van der Waals surface area contributed by atoms with E-state index in [4.69, 9.17) is 0 Å². The van der Waals surface area contributed by atoms with E-state index in [-0.39, 0.29) is 24.0 Å². The summed E-state index contributed by atoms with van der Waals surface area (Å²) < 4.78 is 2.15. The van der Waals surface area contributed by atoms with Gasteiger partial charge in [0.25, 0.3) is 0 Å². The van der Waals surface area contributed by atoms with Crippen molar-refractivity contribution in [2.24, 2.45) is 18.0 Å². The number of hydrogen-bond donors (Lipinski definition) is 1. The minimum Gasteiger partial charge on any atom is -0.356 e. The van der Waals surface area contributed by atoms with Gasteiger partial charge in [-0.1, -0.05) is 30.3 Å². The number of aromatic nitrogens is 1. The average molecular weight is 438 g/mol. The van der Waals surface area contributed by atoms with E-state index in [0.717, 1.165) is 25.0 Å². The molecule has 1 aromatic carbocycles. The van der Waals surface area contributed by atoms with Crippen molar-refractivity contribution in [3.8, 4) is 0 Å². The summed E-state index contributed by atoms with van der Waals surface area (Å²) >= 11 is 0. The Labute approximate surface area is 162 Å². The molecule has 1 aliphatic carbocycles. The van der Waals surface area contributed by atoms with Crippen LogP contribution in [-0.4, -0.2) is 36.1 Å². The van der Waals surface area contributed by atoms with Crippen molar-refractivity contribution in [1.82, 2.24) is 14.8 Å². The summed E-state index contributed by atoms with van der Waals surface area (Å²) in [4.78, 5) is 6.59. The maximum atomic E-state index is 4.42. The molecule has 1 heterocycles. The second-order valence-corrected chi connectivity index (χ2v) is 6.41. The zero-order valence-corrected chi connectivity index (χ0v) is 17.0. The molecule has 1 aromatic heterocycles. The smallest absolute Gasteiger partial charge is 0.193 e. The highest BCUT2D eigenvalue weighted by molar-refractivity contribution is 14.0. The maximum absolute atomic E-state index is 4.42. The third kappa shape index (κ3) is 4.53. The largest absolute Gasteiger partial charge is 0.356 e. The molecule has 3 rings (SSSR count). The first-order chi connectivity index (χ1) is 11.2. The molecule has 1 aliphatic rings. The second kappa shape index (κ2) is 8.55. The number of aliphatic imine (C=N–C) groups is 1. The summed E-state index contributed by atoms with van der Waals surface area (Å²) in [5, 5.41) is 3.53. The number of hydrogen-bond acceptors (Lipinski definition) is 1. The molecule has 0 saturated heterocycles. The molecule has 5 heteroatoms. The van der Waals surface area contributed by atoms with Crippen LogP contribution in [0.2, 0.25) is 0 Å². The van der Waals surface area contributed by atoms with Gasteiger partial charge in [0.2, 0.25) is 0 Å². The van der Waals surface area contributed by atoms with Crippen molar-refractivity contribution < 1.29 is 0 Å². The Balaban J connectivity index is 0.00000208. The van der Waals surface area contributed by atoms with Crippen LogP contribution in [0.5, 0.6) is 0 Å². The molecule has 1 fully saturated rings. The maximum Gasteiger partial charge on any atom is 0.193 e. The Bertz CT molecular complexity index is 665. The van der Waals surface area contributed by atoms with E-state index in [1.54, 1.807) is 0 Å². The molecule has 0 spiro atoms. The van der Waals surface area contributed by atoms with Gasteiger partial charge >= 0.3 is 0 Å². The van der Waals surface area contributed by atoms with Crippen LogP contribution in [0, 0.1) is 5.92 Å². The van der Waals surface area contributed by atoms with Gasteiger partial charge in [-0.05, 0) is 36.0 Å². The third-order valence-electron chi connectivity index (χ3n) is 4.70. The Hall–Kier alpha value is -1.50. The molecule has 0 aliphatic heterocycles. The number of aryl methyl sites for hydroxylation is 1. The fourth-order valence-electron chi connectivity index (χ4n) is 3.17. The lowest BCUT2D eigenvalue weighted by Gasteiger charge is -2.22. The third-order valence-corrected chi connectivity index (χ3v) is 4.70. The molecule has 0 radical (unpaired) electrons. The van der Waals surface area contributed by atoms with Gasteiger partial charge in [-0.15, -0.1) is 24.0 Å². The Morgan fingerprint density at radius 3 is 2.62 bits per heavy atom. The zero-order valence-electron chi connectivity index (χ0n) is 14.6. The van der Waals surface area contributed by atoms with Crippen molar-refractivity contribution >= 4 is 29.9 Å². The monoisotopic (exact) mass is 438 g/mol. The number of nitrogens with zero attached hydrogens (tertiary/aromatic N) is 3. The second-order valence-electron chi connectivity index (χ2n) is 6.41. The topological polar surface area (TPSA) is 32.6 Å². The quantitative estimate of drug-likeness (QED) is 0.441. The number of guanidine groups is 1. The number of benzene rings is 1. The van der Waals surface area contributed by atoms with Crippen LogP contribution >= 0.6 is 24.0 Å². The summed E-state index contributed by atoms with van der Waals surface area (Å²) in [6.07, 6.45) is 3.35. The first-order valence-corrected chi connectivity index (χ1v) is 8.26. The molecule has 130 valence electrons. The van der Waals surface area contributed by atoms with Gasteiger partial charge in [0.05, 0.1) is 6.54 Å². The fraction of sp³-hybridized carbons (Fsp3) is 0.421. The number of nitrogens with one attached hydrogen (secondary N) is 1. The predicted octanol–water partition coefficient (Wildman–Crippen LogP) is 3.45. The standard InChI is InChI=1S/C19H26N4.HI/c1-20-19(23(3)14-17-10-7-11-22(17)2)21-13-16-12-18(16)15-8-5-4-6-9-15;/h4-11,16,18H,12-14H2,1-3H3,(H,20,21);1H. The van der Waals surface area contributed by atoms with Crippen LogP contribution < -0.4 is 5.32 Å². The Morgan fingerprint density at radius 1 is 1.25 bits per heavy atom. The normalized spacial score (nSPS) is 19.5. The average Bonchev–Trinajstić information content (AvgIpc) is 3.24. The van der Waals surface area contributed by atoms with Crippen LogP contribution in [0.15, 0.2) is 53.7 Å². The minimum atomic E-state index is 0. The van der Waals surface area contributed by atoms with Crippen LogP contribution in [0.4, 0.5) is 0 Å². The van der Waals surface area contributed by atoms with E-state index in [1.165, 1.54) is 17.7 Å². The van der Waals surface area contributed by atoms with E-state index in [9.17, 15) is 0 Å². The van der Waals surface area contributed by atoms with Gasteiger partial charge in [-0.2, -0.15) is 0 Å². The van der Waals surface area contributed by atoms with Crippen molar-refractivity contribution in [1.29, 1.82) is 0 Å². The number of halogens is 1. The number of rotatable bonds is 5. The first kappa shape index (κ1) is 18.8. The summed E-state index contributed by atoms with van der Waals surface area (Å²) in [5.41, 5.74) is 2.75. The van der Waals surface area contributed by atoms with Crippen molar-refractivity contribution in [3.63, 3.8) is 0 Å². The van der Waals surface area contributed by atoms with Gasteiger partial charge in [0.15, 0.2) is 5.96 Å². The highest BCUT2D eigenvalue weighted by atomic mass is 127. The molecule has 24 heavy (non-hydrogen) atoms. The van der Waals surface area contributed by atoms with Crippen LogP contribution in [0.3, 0.4) is 0 Å². The molecule has 1 saturated carbocycles. The molecule has 2 unspecified atom stereocenters. The Morgan fingerprint density at radius 2 is 2.00 bits per heavy atom. The highest BCUT2D eigenvalue weighted by Gasteiger charge is 2.37. The summed E-state index contributed by atoms with van der Waals surface area (Å²) in [6, 6.07) is 15.0. The van der Waals surface area contributed by atoms with E-state index < -0.39 is 0 Å². The van der Waals surface area contributed by atoms with Gasteiger partial charge < -0.3 is 14.8 Å². The molecular weight excluding hydrogens is 411 g/mol. The van der Waals surface area contributed by atoms with Crippen molar-refractivity contribution in [2.45, 2.75) is 18.9 Å². The van der Waals surface area contributed by atoms with E-state index >= 15 is 0 Å². The van der Waals surface area contributed by atoms with Crippen molar-refractivity contribution in [3.05, 3.63) is 59.9 Å². The van der Waals surface area contributed by atoms with Gasteiger partial charge in [-0.3, -0.25) is 4.99 Å². The summed E-state index contributed by atoms with van der Waals surface area (Å²) in [5.74, 6) is 2.39. The van der Waals surface area contributed by atoms with Crippen LogP contribution in [0.25, 0.3) is 0 Å². The first-order valence-electron chi connectivity index (χ1n) is 8.26. The molecule has 1 N–H and O–H groups in total. The van der Waals surface area contributed by atoms with Gasteiger partial charge in [0.1, 0.15) is 0 Å². The summed E-state index contributed by atoms with van der Waals surface area (Å²) in [7, 11) is 6.02. The minimum absolute atomic E-state index is 0. The lowest BCUT2D eigenvalue weighted by molar-refractivity contribution is 0.459. The molecule has 0 bridgehead atoms. The molecule has 2 aromatic rings. The molecular formula is C19H27IN4. The van der Waals surface area contributed by atoms with Crippen LogP contribution in [-0.2, 0) is 13.6 Å². The van der Waals surface area contributed by atoms with Gasteiger partial charge in [0, 0.05) is 39.6 Å². The Kier molecular flexibility index (Phi) is 6.71. The van der Waals surface area contributed by atoms with E-state index in [1.807, 2.05) is 7.05 Å². The summed E-state index contributed by atoms with van der Waals surface area (Å²) in [6.45, 7) is 1.85. The molecule has 0 amide bonds. The fourth-order valence-corrected chi connectivity index (χ4v) is 3.17. The van der Waals surface area contributed by atoms with Crippen LogP contribution in [0.1, 0.15) is 23.6 Å². The SMILES string of the molecule is CN=C(NCC1CC1c1ccccc1)N(C)Cc1cccn1C.I. The van der Waals surface area contributed by atoms with Crippen molar-refractivity contribution in [2.75, 3.05) is 20.6 Å². The van der Waals surface area contributed by atoms with E-state index in [0.29, 0.717) is 5.92 Å². The lowest BCUT2D eigenvalue weighted by atomic mass is 10.1. The zero-order chi connectivity index (χ0) is 16.2. The predicted molar refractivity (Wildman–Crippen MR) is 111 cm³/mol. The lowest BCUT2D eigenvalue weighted by Crippen LogP contribution is -2.39. The van der Waals surface area contributed by atoms with E-state index in [2.05, 4.69) is 82.5 Å².